The number of hydrogen-bond donors (Lipinski definition) is 0. The van der Waals surface area contributed by atoms with Crippen LogP contribution in [0.25, 0.3) is 0 Å². The first-order chi connectivity index (χ1) is 11.5. The molecule has 1 aliphatic rings. The number of hydrogen-bond acceptors (Lipinski definition) is 4. The van der Waals surface area contributed by atoms with E-state index in [-0.39, 0.29) is 11.8 Å². The maximum Gasteiger partial charge on any atom is 0.259 e. The van der Waals surface area contributed by atoms with Gasteiger partial charge in [-0.3, -0.25) is 9.59 Å². The number of aryl methyl sites for hydroxylation is 2. The molecule has 2 aromatic rings. The first-order valence-corrected chi connectivity index (χ1v) is 8.12. The smallest absolute Gasteiger partial charge is 0.259 e. The fraction of sp³-hybridized carbons (Fsp3) is 0.353. The zero-order chi connectivity index (χ0) is 17.3. The van der Waals surface area contributed by atoms with Gasteiger partial charge in [-0.2, -0.15) is 0 Å². The number of piperazine rings is 1. The average molecular weight is 348 g/mol. The highest BCUT2D eigenvalue weighted by Gasteiger charge is 2.28. The van der Waals surface area contributed by atoms with Gasteiger partial charge >= 0.3 is 0 Å². The summed E-state index contributed by atoms with van der Waals surface area (Å²) < 4.78 is 5.06. The number of rotatable bonds is 2. The van der Waals surface area contributed by atoms with Crippen molar-refractivity contribution in [3.63, 3.8) is 0 Å². The fourth-order valence-electron chi connectivity index (χ4n) is 2.83. The predicted octanol–water partition coefficient (Wildman–Crippen LogP) is 2.54. The molecule has 2 heterocycles. The van der Waals surface area contributed by atoms with Gasteiger partial charge in [-0.15, -0.1) is 0 Å². The number of amides is 2. The van der Waals surface area contributed by atoms with E-state index in [9.17, 15) is 9.59 Å². The molecule has 0 atom stereocenters. The molecule has 1 aliphatic heterocycles. The van der Waals surface area contributed by atoms with Crippen molar-refractivity contribution < 1.29 is 14.1 Å². The zero-order valence-corrected chi connectivity index (χ0v) is 14.3. The Bertz CT molecular complexity index is 742. The van der Waals surface area contributed by atoms with E-state index in [4.69, 9.17) is 16.1 Å². The normalized spacial score (nSPS) is 14.8. The van der Waals surface area contributed by atoms with Crippen LogP contribution in [0, 0.1) is 13.8 Å². The predicted molar refractivity (Wildman–Crippen MR) is 89.2 cm³/mol. The topological polar surface area (TPSA) is 66.7 Å². The molecule has 1 aromatic heterocycles. The second kappa shape index (κ2) is 6.65. The Morgan fingerprint density at radius 2 is 1.54 bits per heavy atom. The van der Waals surface area contributed by atoms with Crippen molar-refractivity contribution in [2.24, 2.45) is 0 Å². The van der Waals surface area contributed by atoms with Gasteiger partial charge in [0.25, 0.3) is 11.8 Å². The Hall–Kier alpha value is -2.34. The Morgan fingerprint density at radius 1 is 1.00 bits per heavy atom. The molecule has 0 N–H and O–H groups in total. The third-order valence-electron chi connectivity index (χ3n) is 4.19. The Morgan fingerprint density at radius 3 is 2.04 bits per heavy atom. The van der Waals surface area contributed by atoms with Gasteiger partial charge in [0.1, 0.15) is 11.3 Å². The number of benzene rings is 1. The van der Waals surface area contributed by atoms with Gasteiger partial charge in [0.05, 0.1) is 5.69 Å². The quantitative estimate of drug-likeness (QED) is 0.837. The largest absolute Gasteiger partial charge is 0.361 e. The maximum absolute atomic E-state index is 12.6. The minimum Gasteiger partial charge on any atom is -0.361 e. The lowest BCUT2D eigenvalue weighted by molar-refractivity contribution is 0.0534. The van der Waals surface area contributed by atoms with Crippen molar-refractivity contribution in [1.82, 2.24) is 15.0 Å². The molecule has 0 aliphatic carbocycles. The van der Waals surface area contributed by atoms with Crippen LogP contribution in [0.2, 0.25) is 5.02 Å². The number of carbonyl (C=O) groups excluding carboxylic acids is 2. The van der Waals surface area contributed by atoms with Gasteiger partial charge in [-0.05, 0) is 38.1 Å². The van der Waals surface area contributed by atoms with Gasteiger partial charge in [0.15, 0.2) is 0 Å². The van der Waals surface area contributed by atoms with Crippen LogP contribution in [-0.2, 0) is 0 Å². The van der Waals surface area contributed by atoms with E-state index in [1.165, 1.54) is 0 Å². The summed E-state index contributed by atoms with van der Waals surface area (Å²) in [7, 11) is 0. The fourth-order valence-corrected chi connectivity index (χ4v) is 2.96. The minimum absolute atomic E-state index is 0.0453. The summed E-state index contributed by atoms with van der Waals surface area (Å²) in [4.78, 5) is 28.6. The van der Waals surface area contributed by atoms with Crippen LogP contribution >= 0.6 is 11.6 Å². The van der Waals surface area contributed by atoms with Gasteiger partial charge in [-0.1, -0.05) is 16.8 Å². The molecule has 3 rings (SSSR count). The van der Waals surface area contributed by atoms with Crippen LogP contribution in [0.3, 0.4) is 0 Å². The molecular weight excluding hydrogens is 330 g/mol. The SMILES string of the molecule is Cc1noc(C)c1C(=O)N1CCN(C(=O)c2ccc(Cl)cc2)CC1. The van der Waals surface area contributed by atoms with E-state index in [1.807, 2.05) is 0 Å². The van der Waals surface area contributed by atoms with Crippen molar-refractivity contribution in [3.8, 4) is 0 Å². The van der Waals surface area contributed by atoms with Gasteiger partial charge in [0.2, 0.25) is 0 Å². The van der Waals surface area contributed by atoms with Crippen molar-refractivity contribution >= 4 is 23.4 Å². The summed E-state index contributed by atoms with van der Waals surface area (Å²) in [6, 6.07) is 6.83. The highest BCUT2D eigenvalue weighted by molar-refractivity contribution is 6.30. The highest BCUT2D eigenvalue weighted by Crippen LogP contribution is 2.18. The number of halogens is 1. The minimum atomic E-state index is -0.0927. The first kappa shape index (κ1) is 16.5. The molecule has 0 bridgehead atoms. The Balaban J connectivity index is 1.64. The maximum atomic E-state index is 12.6. The van der Waals surface area contributed by atoms with Crippen molar-refractivity contribution in [1.29, 1.82) is 0 Å². The number of nitrogens with zero attached hydrogens (tertiary/aromatic N) is 3. The van der Waals surface area contributed by atoms with Gasteiger partial charge in [-0.25, -0.2) is 0 Å². The number of carbonyl (C=O) groups is 2. The summed E-state index contributed by atoms with van der Waals surface area (Å²) in [6.07, 6.45) is 0. The van der Waals surface area contributed by atoms with Crippen LogP contribution < -0.4 is 0 Å². The van der Waals surface area contributed by atoms with E-state index in [0.717, 1.165) is 0 Å². The van der Waals surface area contributed by atoms with Crippen LogP contribution in [0.1, 0.15) is 32.2 Å². The number of aromatic nitrogens is 1. The van der Waals surface area contributed by atoms with Crippen LogP contribution in [0.15, 0.2) is 28.8 Å². The van der Waals surface area contributed by atoms with Crippen molar-refractivity contribution in [2.45, 2.75) is 13.8 Å². The average Bonchev–Trinajstić information content (AvgIpc) is 2.93. The molecule has 126 valence electrons. The summed E-state index contributed by atoms with van der Waals surface area (Å²) in [5, 5.41) is 4.42. The van der Waals surface area contributed by atoms with Crippen LogP contribution in [0.4, 0.5) is 0 Å². The first-order valence-electron chi connectivity index (χ1n) is 7.74. The molecule has 0 spiro atoms. The lowest BCUT2D eigenvalue weighted by atomic mass is 10.1. The molecule has 1 saturated heterocycles. The molecule has 1 fully saturated rings. The molecule has 0 radical (unpaired) electrons. The molecule has 7 heteroatoms. The lowest BCUT2D eigenvalue weighted by Gasteiger charge is -2.34. The van der Waals surface area contributed by atoms with Gasteiger partial charge in [0, 0.05) is 36.8 Å². The standard InChI is InChI=1S/C17H18ClN3O3/c1-11-15(12(2)24-19-11)17(23)21-9-7-20(8-10-21)16(22)13-3-5-14(18)6-4-13/h3-6H,7-10H2,1-2H3. The monoisotopic (exact) mass is 347 g/mol. The molecular formula is C17H18ClN3O3. The van der Waals surface area contributed by atoms with E-state index < -0.39 is 0 Å². The van der Waals surface area contributed by atoms with Crippen molar-refractivity contribution in [3.05, 3.63) is 51.9 Å². The summed E-state index contributed by atoms with van der Waals surface area (Å²) in [5.74, 6) is 0.387. The summed E-state index contributed by atoms with van der Waals surface area (Å²) >= 11 is 5.85. The van der Waals surface area contributed by atoms with E-state index in [1.54, 1.807) is 47.9 Å². The van der Waals surface area contributed by atoms with Crippen molar-refractivity contribution in [2.75, 3.05) is 26.2 Å². The lowest BCUT2D eigenvalue weighted by Crippen LogP contribution is -2.50. The third-order valence-corrected chi connectivity index (χ3v) is 4.44. The van der Waals surface area contributed by atoms with E-state index in [0.29, 0.717) is 53.8 Å². The molecule has 1 aromatic carbocycles. The molecule has 0 unspecified atom stereocenters. The third kappa shape index (κ3) is 3.14. The summed E-state index contributed by atoms with van der Waals surface area (Å²) in [6.45, 7) is 5.45. The molecule has 2 amide bonds. The van der Waals surface area contributed by atoms with Gasteiger partial charge < -0.3 is 14.3 Å². The molecule has 0 saturated carbocycles. The van der Waals surface area contributed by atoms with E-state index >= 15 is 0 Å². The second-order valence-corrected chi connectivity index (χ2v) is 6.23. The Labute approximate surface area is 145 Å². The molecule has 24 heavy (non-hydrogen) atoms. The van der Waals surface area contributed by atoms with Crippen LogP contribution in [0.5, 0.6) is 0 Å². The van der Waals surface area contributed by atoms with Crippen LogP contribution in [-0.4, -0.2) is 52.9 Å². The molecule has 6 nitrogen and oxygen atoms in total. The Kier molecular flexibility index (Phi) is 4.57. The zero-order valence-electron chi connectivity index (χ0n) is 13.6. The highest BCUT2D eigenvalue weighted by atomic mass is 35.5. The summed E-state index contributed by atoms with van der Waals surface area (Å²) in [5.41, 5.74) is 1.72. The van der Waals surface area contributed by atoms with E-state index in [2.05, 4.69) is 5.16 Å². The second-order valence-electron chi connectivity index (χ2n) is 5.79.